The van der Waals surface area contributed by atoms with Gasteiger partial charge in [-0.25, -0.2) is 4.99 Å². The van der Waals surface area contributed by atoms with Crippen molar-refractivity contribution in [1.29, 1.82) is 0 Å². The molecule has 3 heterocycles. The van der Waals surface area contributed by atoms with Gasteiger partial charge in [0.1, 0.15) is 0 Å². The smallest absolute Gasteiger partial charge is 0.271 e. The zero-order valence-corrected chi connectivity index (χ0v) is 20.9. The summed E-state index contributed by atoms with van der Waals surface area (Å²) in [4.78, 5) is 19.6. The molecular formula is C28H19BrN2O3S. The molecule has 7 rings (SSSR count). The molecule has 0 radical (unpaired) electrons. The molecule has 2 aliphatic heterocycles. The summed E-state index contributed by atoms with van der Waals surface area (Å²) >= 11 is 4.98. The molecular weight excluding hydrogens is 524 g/mol. The summed E-state index contributed by atoms with van der Waals surface area (Å²) in [5.74, 6) is 1.43. The van der Waals surface area contributed by atoms with Crippen LogP contribution < -0.4 is 24.4 Å². The molecule has 0 amide bonds. The fourth-order valence-corrected chi connectivity index (χ4v) is 6.39. The molecule has 0 bridgehead atoms. The van der Waals surface area contributed by atoms with E-state index in [1.165, 1.54) is 28.0 Å². The molecule has 7 heteroatoms. The first-order valence-corrected chi connectivity index (χ1v) is 13.0. The second-order valence-electron chi connectivity index (χ2n) is 8.78. The van der Waals surface area contributed by atoms with Crippen LogP contribution in [-0.4, -0.2) is 11.4 Å². The van der Waals surface area contributed by atoms with E-state index in [1.54, 1.807) is 0 Å². The van der Waals surface area contributed by atoms with Crippen LogP contribution in [0, 0.1) is 0 Å². The van der Waals surface area contributed by atoms with E-state index in [-0.39, 0.29) is 18.4 Å². The van der Waals surface area contributed by atoms with Crippen molar-refractivity contribution >= 4 is 39.0 Å². The van der Waals surface area contributed by atoms with Crippen LogP contribution in [0.1, 0.15) is 34.7 Å². The quantitative estimate of drug-likeness (QED) is 0.365. The summed E-state index contributed by atoms with van der Waals surface area (Å²) < 4.78 is 14.5. The number of hydrogen-bond donors (Lipinski definition) is 0. The predicted molar refractivity (Wildman–Crippen MR) is 139 cm³/mol. The average Bonchev–Trinajstić information content (AvgIpc) is 3.47. The monoisotopic (exact) mass is 542 g/mol. The highest BCUT2D eigenvalue weighted by Gasteiger charge is 2.32. The zero-order valence-electron chi connectivity index (χ0n) is 18.5. The molecule has 0 saturated carbocycles. The second kappa shape index (κ2) is 8.07. The van der Waals surface area contributed by atoms with Crippen LogP contribution in [0.25, 0.3) is 11.8 Å². The minimum absolute atomic E-state index is 0.0234. The Kier molecular flexibility index (Phi) is 4.82. The van der Waals surface area contributed by atoms with Crippen LogP contribution in [-0.2, 0) is 6.42 Å². The Bertz CT molecular complexity index is 1720. The Balaban J connectivity index is 1.46. The molecule has 1 atom stereocenters. The first-order chi connectivity index (χ1) is 17.2. The summed E-state index contributed by atoms with van der Waals surface area (Å²) in [7, 11) is 0. The maximum atomic E-state index is 13.8. The molecule has 0 fully saturated rings. The van der Waals surface area contributed by atoms with Crippen molar-refractivity contribution in [1.82, 2.24) is 4.57 Å². The summed E-state index contributed by atoms with van der Waals surface area (Å²) in [6, 6.07) is 22.3. The Morgan fingerprint density at radius 2 is 1.83 bits per heavy atom. The summed E-state index contributed by atoms with van der Waals surface area (Å²) in [5.41, 5.74) is 6.65. The van der Waals surface area contributed by atoms with Gasteiger partial charge in [-0.15, -0.1) is 0 Å². The highest BCUT2D eigenvalue weighted by Crippen LogP contribution is 2.41. The van der Waals surface area contributed by atoms with Crippen molar-refractivity contribution in [2.24, 2.45) is 4.99 Å². The van der Waals surface area contributed by atoms with Crippen LogP contribution in [0.3, 0.4) is 0 Å². The number of rotatable bonds is 2. The highest BCUT2D eigenvalue weighted by atomic mass is 79.9. The van der Waals surface area contributed by atoms with Crippen LogP contribution in [0.15, 0.2) is 86.6 Å². The number of nitrogens with zero attached hydrogens (tertiary/aromatic N) is 2. The summed E-state index contributed by atoms with van der Waals surface area (Å²) in [6.07, 6.45) is 3.74. The van der Waals surface area contributed by atoms with E-state index in [0.717, 1.165) is 44.7 Å². The molecule has 0 spiro atoms. The van der Waals surface area contributed by atoms with Gasteiger partial charge in [0.15, 0.2) is 16.3 Å². The van der Waals surface area contributed by atoms with Gasteiger partial charge in [0.05, 0.1) is 16.3 Å². The van der Waals surface area contributed by atoms with E-state index in [0.29, 0.717) is 10.3 Å². The lowest BCUT2D eigenvalue weighted by molar-refractivity contribution is 0.174. The molecule has 172 valence electrons. The van der Waals surface area contributed by atoms with Gasteiger partial charge in [-0.3, -0.25) is 9.36 Å². The second-order valence-corrected chi connectivity index (χ2v) is 10.7. The molecule has 1 aromatic heterocycles. The van der Waals surface area contributed by atoms with Crippen molar-refractivity contribution in [3.05, 3.63) is 119 Å². The number of benzene rings is 3. The minimum atomic E-state index is -0.179. The first kappa shape index (κ1) is 20.9. The van der Waals surface area contributed by atoms with Gasteiger partial charge >= 0.3 is 0 Å². The first-order valence-electron chi connectivity index (χ1n) is 11.4. The lowest BCUT2D eigenvalue weighted by Gasteiger charge is -2.30. The van der Waals surface area contributed by atoms with Gasteiger partial charge in [-0.05, 0) is 65.4 Å². The number of fused-ring (bicyclic) bond motifs is 4. The minimum Gasteiger partial charge on any atom is -0.454 e. The van der Waals surface area contributed by atoms with Crippen LogP contribution >= 0.6 is 27.3 Å². The van der Waals surface area contributed by atoms with Gasteiger partial charge in [0.25, 0.3) is 5.56 Å². The van der Waals surface area contributed by atoms with Crippen molar-refractivity contribution in [3.63, 3.8) is 0 Å². The maximum Gasteiger partial charge on any atom is 0.271 e. The predicted octanol–water partition coefficient (Wildman–Crippen LogP) is 4.81. The van der Waals surface area contributed by atoms with Gasteiger partial charge in [-0.1, -0.05) is 69.7 Å². The number of allylic oxidation sites excluding steroid dienone is 1. The Morgan fingerprint density at radius 3 is 2.71 bits per heavy atom. The fraction of sp³-hybridized carbons (Fsp3) is 0.143. The lowest BCUT2D eigenvalue weighted by atomic mass is 9.83. The zero-order chi connectivity index (χ0) is 23.5. The van der Waals surface area contributed by atoms with E-state index in [9.17, 15) is 4.79 Å². The van der Waals surface area contributed by atoms with E-state index < -0.39 is 0 Å². The van der Waals surface area contributed by atoms with Gasteiger partial charge in [0, 0.05) is 10.0 Å². The Morgan fingerprint density at radius 1 is 1.00 bits per heavy atom. The molecule has 0 N–H and O–H groups in total. The molecule has 3 aliphatic rings. The van der Waals surface area contributed by atoms with Crippen molar-refractivity contribution in [2.45, 2.75) is 18.9 Å². The fourth-order valence-electron chi connectivity index (χ4n) is 5.12. The Hall–Kier alpha value is -3.42. The average molecular weight is 543 g/mol. The topological polar surface area (TPSA) is 52.8 Å². The molecule has 3 aromatic carbocycles. The number of thiazole rings is 1. The SMILES string of the molecule is O=c1/c(=C/c2ccc3c(c2)OCO3)sc2n1[C@@H](c1ccc(Br)cc1)C1=C(N=2)c2ccccc2CC1. The molecule has 1 aliphatic carbocycles. The van der Waals surface area contributed by atoms with Gasteiger partial charge in [0.2, 0.25) is 6.79 Å². The van der Waals surface area contributed by atoms with E-state index in [4.69, 9.17) is 14.5 Å². The largest absolute Gasteiger partial charge is 0.454 e. The van der Waals surface area contributed by atoms with Crippen molar-refractivity contribution in [2.75, 3.05) is 6.79 Å². The third-order valence-corrected chi connectivity index (χ3v) is 8.26. The van der Waals surface area contributed by atoms with Gasteiger partial charge < -0.3 is 9.47 Å². The standard InChI is InChI=1S/C28H19BrN2O3S/c29-19-9-6-18(7-10-19)26-21-11-8-17-3-1-2-4-20(17)25(21)30-28-31(26)27(32)24(35-28)14-16-5-12-22-23(13-16)34-15-33-22/h1-7,9-10,12-14,26H,8,11,15H2/b24-14-/t26-/m0/s1. The number of ether oxygens (including phenoxy) is 2. The molecule has 0 saturated heterocycles. The van der Waals surface area contributed by atoms with E-state index in [1.807, 2.05) is 41.0 Å². The molecule has 35 heavy (non-hydrogen) atoms. The number of halogens is 1. The summed E-state index contributed by atoms with van der Waals surface area (Å²) in [5, 5.41) is 0. The van der Waals surface area contributed by atoms with E-state index in [2.05, 4.69) is 52.3 Å². The van der Waals surface area contributed by atoms with Gasteiger partial charge in [-0.2, -0.15) is 0 Å². The summed E-state index contributed by atoms with van der Waals surface area (Å²) in [6.45, 7) is 0.223. The molecule has 5 nitrogen and oxygen atoms in total. The molecule has 0 unspecified atom stereocenters. The maximum absolute atomic E-state index is 13.8. The third kappa shape index (κ3) is 3.41. The van der Waals surface area contributed by atoms with Crippen molar-refractivity contribution in [3.8, 4) is 11.5 Å². The van der Waals surface area contributed by atoms with Crippen molar-refractivity contribution < 1.29 is 9.47 Å². The Labute approximate surface area is 213 Å². The number of hydrogen-bond acceptors (Lipinski definition) is 5. The normalized spacial score (nSPS) is 18.1. The number of aromatic nitrogens is 1. The number of aryl methyl sites for hydroxylation is 1. The molecule has 4 aromatic rings. The third-order valence-electron chi connectivity index (χ3n) is 6.75. The van der Waals surface area contributed by atoms with Crippen LogP contribution in [0.2, 0.25) is 0 Å². The van der Waals surface area contributed by atoms with E-state index >= 15 is 0 Å². The highest BCUT2D eigenvalue weighted by molar-refractivity contribution is 9.10. The van der Waals surface area contributed by atoms with Crippen LogP contribution in [0.5, 0.6) is 11.5 Å². The lowest BCUT2D eigenvalue weighted by Crippen LogP contribution is -2.38. The van der Waals surface area contributed by atoms with Crippen LogP contribution in [0.4, 0.5) is 0 Å².